The minimum absolute atomic E-state index is 0.0878. The van der Waals surface area contributed by atoms with Crippen LogP contribution in [0.4, 0.5) is 24.7 Å². The summed E-state index contributed by atoms with van der Waals surface area (Å²) in [5.41, 5.74) is 0.335. The van der Waals surface area contributed by atoms with Crippen LogP contribution in [0.15, 0.2) is 36.5 Å². The summed E-state index contributed by atoms with van der Waals surface area (Å²) in [4.78, 5) is 20.8. The van der Waals surface area contributed by atoms with Crippen LogP contribution < -0.4 is 10.2 Å². The average Bonchev–Trinajstić information content (AvgIpc) is 2.83. The maximum Gasteiger partial charge on any atom is 0.416 e. The number of pyridine rings is 1. The van der Waals surface area contributed by atoms with E-state index >= 15 is 0 Å². The van der Waals surface area contributed by atoms with Crippen LogP contribution in [-0.2, 0) is 17.5 Å². The Hall–Kier alpha value is -2.81. The van der Waals surface area contributed by atoms with Gasteiger partial charge in [0.25, 0.3) is 5.91 Å². The molecule has 9 heteroatoms. The van der Waals surface area contributed by atoms with Gasteiger partial charge in [-0.2, -0.15) is 13.2 Å². The Labute approximate surface area is 185 Å². The minimum Gasteiger partial charge on any atom is -0.378 e. The Kier molecular flexibility index (Phi) is 6.83. The van der Waals surface area contributed by atoms with E-state index in [1.807, 2.05) is 4.90 Å². The molecule has 0 bridgehead atoms. The number of hydrogen-bond donors (Lipinski definition) is 1. The van der Waals surface area contributed by atoms with Crippen LogP contribution in [0.5, 0.6) is 0 Å². The Balaban J connectivity index is 1.54. The van der Waals surface area contributed by atoms with E-state index in [0.717, 1.165) is 19.3 Å². The molecule has 2 fully saturated rings. The number of morpholine rings is 1. The molecule has 1 N–H and O–H groups in total. The van der Waals surface area contributed by atoms with Gasteiger partial charge in [0.05, 0.1) is 24.3 Å². The number of aromatic nitrogens is 1. The lowest BCUT2D eigenvalue weighted by Crippen LogP contribution is -2.36. The summed E-state index contributed by atoms with van der Waals surface area (Å²) in [6.45, 7) is 3.41. The van der Waals surface area contributed by atoms with Crippen molar-refractivity contribution in [3.05, 3.63) is 53.2 Å². The molecule has 0 unspecified atom stereocenters. The number of rotatable bonds is 5. The van der Waals surface area contributed by atoms with E-state index in [-0.39, 0.29) is 18.0 Å². The number of amides is 1. The third-order valence-corrected chi connectivity index (χ3v) is 5.90. The molecule has 2 aromatic rings. The van der Waals surface area contributed by atoms with Gasteiger partial charge in [0.2, 0.25) is 0 Å². The van der Waals surface area contributed by atoms with Crippen molar-refractivity contribution in [3.63, 3.8) is 0 Å². The third-order valence-electron chi connectivity index (χ3n) is 5.90. The number of nitrogens with one attached hydrogen (secondary N) is 1. The van der Waals surface area contributed by atoms with Gasteiger partial charge in [-0.25, -0.2) is 4.98 Å². The van der Waals surface area contributed by atoms with Crippen molar-refractivity contribution in [3.8, 4) is 0 Å². The summed E-state index contributed by atoms with van der Waals surface area (Å²) in [7, 11) is 0. The molecule has 4 rings (SSSR count). The predicted octanol–water partition coefficient (Wildman–Crippen LogP) is 4.18. The second-order valence-electron chi connectivity index (χ2n) is 8.04. The Morgan fingerprint density at radius 1 is 1.06 bits per heavy atom. The molecule has 0 radical (unpaired) electrons. The number of benzene rings is 1. The number of nitrogens with zero attached hydrogens (tertiary/aromatic N) is 3. The van der Waals surface area contributed by atoms with Crippen molar-refractivity contribution in [2.45, 2.75) is 32.0 Å². The summed E-state index contributed by atoms with van der Waals surface area (Å²) in [6, 6.07) is 7.73. The van der Waals surface area contributed by atoms with Crippen molar-refractivity contribution in [1.29, 1.82) is 0 Å². The molecule has 6 nitrogen and oxygen atoms in total. The van der Waals surface area contributed by atoms with E-state index in [1.54, 1.807) is 23.1 Å². The van der Waals surface area contributed by atoms with Gasteiger partial charge in [-0.05, 0) is 49.1 Å². The highest BCUT2D eigenvalue weighted by Gasteiger charge is 2.34. The summed E-state index contributed by atoms with van der Waals surface area (Å²) in [6.07, 6.45) is 0.0539. The standard InChI is InChI=1S/C23H27F3N4O2/c24-23(25,26)20-15-18(29-11-13-32-14-12-29)7-6-17(20)16-28-21-19(5-4-8-27-21)22(31)30-9-2-1-3-10-30/h4-8,15H,1-3,9-14,16H2,(H,27,28). The molecular formula is C23H27F3N4O2. The van der Waals surface area contributed by atoms with Crippen LogP contribution in [0.3, 0.4) is 0 Å². The van der Waals surface area contributed by atoms with Gasteiger partial charge in [0.15, 0.2) is 0 Å². The highest BCUT2D eigenvalue weighted by atomic mass is 19.4. The lowest BCUT2D eigenvalue weighted by Gasteiger charge is -2.30. The van der Waals surface area contributed by atoms with Gasteiger partial charge >= 0.3 is 6.18 Å². The molecule has 2 aliphatic heterocycles. The summed E-state index contributed by atoms with van der Waals surface area (Å²) < 4.78 is 46.8. The molecule has 1 aromatic carbocycles. The zero-order valence-corrected chi connectivity index (χ0v) is 17.8. The van der Waals surface area contributed by atoms with Gasteiger partial charge in [-0.1, -0.05) is 6.07 Å². The molecule has 172 valence electrons. The summed E-state index contributed by atoms with van der Waals surface area (Å²) >= 11 is 0. The van der Waals surface area contributed by atoms with Crippen LogP contribution >= 0.6 is 0 Å². The zero-order valence-electron chi connectivity index (χ0n) is 17.8. The Bertz CT molecular complexity index is 939. The van der Waals surface area contributed by atoms with Crippen LogP contribution in [0, 0.1) is 0 Å². The molecular weight excluding hydrogens is 421 g/mol. The maximum absolute atomic E-state index is 13.8. The summed E-state index contributed by atoms with van der Waals surface area (Å²) in [5.74, 6) is 0.160. The molecule has 3 heterocycles. The van der Waals surface area contributed by atoms with E-state index in [9.17, 15) is 18.0 Å². The van der Waals surface area contributed by atoms with E-state index < -0.39 is 11.7 Å². The fraction of sp³-hybridized carbons (Fsp3) is 0.478. The van der Waals surface area contributed by atoms with Crippen molar-refractivity contribution in [2.75, 3.05) is 49.6 Å². The second-order valence-corrected chi connectivity index (χ2v) is 8.04. The summed E-state index contributed by atoms with van der Waals surface area (Å²) in [5, 5.41) is 2.97. The van der Waals surface area contributed by atoms with Gasteiger partial charge in [0, 0.05) is 44.6 Å². The largest absolute Gasteiger partial charge is 0.416 e. The molecule has 0 aliphatic carbocycles. The topological polar surface area (TPSA) is 57.7 Å². The molecule has 2 aliphatic rings. The lowest BCUT2D eigenvalue weighted by molar-refractivity contribution is -0.138. The smallest absolute Gasteiger partial charge is 0.378 e. The van der Waals surface area contributed by atoms with Crippen molar-refractivity contribution in [2.24, 2.45) is 0 Å². The van der Waals surface area contributed by atoms with Crippen molar-refractivity contribution >= 4 is 17.4 Å². The van der Waals surface area contributed by atoms with E-state index in [0.29, 0.717) is 56.5 Å². The van der Waals surface area contributed by atoms with Crippen LogP contribution in [0.2, 0.25) is 0 Å². The van der Waals surface area contributed by atoms with Gasteiger partial charge in [0.1, 0.15) is 5.82 Å². The number of anilines is 2. The Morgan fingerprint density at radius 2 is 1.81 bits per heavy atom. The quantitative estimate of drug-likeness (QED) is 0.744. The highest BCUT2D eigenvalue weighted by Crippen LogP contribution is 2.35. The van der Waals surface area contributed by atoms with Gasteiger partial charge < -0.3 is 19.9 Å². The maximum atomic E-state index is 13.8. The fourth-order valence-electron chi connectivity index (χ4n) is 4.17. The molecule has 0 saturated carbocycles. The number of carbonyl (C=O) groups is 1. The highest BCUT2D eigenvalue weighted by molar-refractivity contribution is 5.98. The number of carbonyl (C=O) groups excluding carboxylic acids is 1. The molecule has 32 heavy (non-hydrogen) atoms. The number of hydrogen-bond acceptors (Lipinski definition) is 5. The van der Waals surface area contributed by atoms with E-state index in [2.05, 4.69) is 10.3 Å². The number of piperidine rings is 1. The monoisotopic (exact) mass is 448 g/mol. The lowest BCUT2D eigenvalue weighted by atomic mass is 10.0. The number of halogens is 3. The van der Waals surface area contributed by atoms with Gasteiger partial charge in [-0.15, -0.1) is 0 Å². The predicted molar refractivity (Wildman–Crippen MR) is 116 cm³/mol. The average molecular weight is 448 g/mol. The zero-order chi connectivity index (χ0) is 22.6. The molecule has 1 aromatic heterocycles. The van der Waals surface area contributed by atoms with E-state index in [4.69, 9.17) is 4.74 Å². The first kappa shape index (κ1) is 22.4. The van der Waals surface area contributed by atoms with Crippen LogP contribution in [-0.4, -0.2) is 55.2 Å². The first-order valence-corrected chi connectivity index (χ1v) is 10.9. The first-order valence-electron chi connectivity index (χ1n) is 10.9. The first-order chi connectivity index (χ1) is 15.4. The molecule has 0 spiro atoms. The molecule has 0 atom stereocenters. The van der Waals surface area contributed by atoms with Gasteiger partial charge in [-0.3, -0.25) is 4.79 Å². The third kappa shape index (κ3) is 5.15. The van der Waals surface area contributed by atoms with Crippen molar-refractivity contribution < 1.29 is 22.7 Å². The SMILES string of the molecule is O=C(c1cccnc1NCc1ccc(N2CCOCC2)cc1C(F)(F)F)N1CCCCC1. The van der Waals surface area contributed by atoms with Crippen molar-refractivity contribution in [1.82, 2.24) is 9.88 Å². The minimum atomic E-state index is -4.49. The Morgan fingerprint density at radius 3 is 2.53 bits per heavy atom. The molecule has 1 amide bonds. The fourth-order valence-corrected chi connectivity index (χ4v) is 4.17. The van der Waals surface area contributed by atoms with E-state index in [1.165, 1.54) is 18.3 Å². The normalized spacial score (nSPS) is 17.3. The number of alkyl halides is 3. The molecule has 2 saturated heterocycles. The number of ether oxygens (including phenoxy) is 1. The number of likely N-dealkylation sites (tertiary alicyclic amines) is 1. The second kappa shape index (κ2) is 9.77. The van der Waals surface area contributed by atoms with Crippen LogP contribution in [0.1, 0.15) is 40.7 Å². The van der Waals surface area contributed by atoms with Crippen LogP contribution in [0.25, 0.3) is 0 Å².